The van der Waals surface area contributed by atoms with Crippen molar-refractivity contribution in [2.75, 3.05) is 6.61 Å². The Kier molecular flexibility index (Phi) is 5.20. The maximum Gasteiger partial charge on any atom is 0.258 e. The smallest absolute Gasteiger partial charge is 0.258 e. The molecule has 0 fully saturated rings. The van der Waals surface area contributed by atoms with Crippen LogP contribution in [0, 0.1) is 3.57 Å². The fraction of sp³-hybridized carbons (Fsp3) is 0.133. The molecule has 4 heteroatoms. The quantitative estimate of drug-likeness (QED) is 0.826. The zero-order valence-corrected chi connectivity index (χ0v) is 12.5. The van der Waals surface area contributed by atoms with Crippen molar-refractivity contribution >= 4 is 28.5 Å². The van der Waals surface area contributed by atoms with Crippen molar-refractivity contribution in [2.24, 2.45) is 0 Å². The Hall–Kier alpha value is -1.56. The van der Waals surface area contributed by atoms with Crippen LogP contribution in [-0.2, 0) is 11.3 Å². The lowest BCUT2D eigenvalue weighted by Gasteiger charge is -2.08. The van der Waals surface area contributed by atoms with Crippen LogP contribution in [0.5, 0.6) is 5.75 Å². The van der Waals surface area contributed by atoms with Crippen molar-refractivity contribution in [2.45, 2.75) is 6.54 Å². The van der Waals surface area contributed by atoms with Crippen LogP contribution in [0.15, 0.2) is 54.6 Å². The standard InChI is InChI=1S/C15H14INO2/c16-13-8-4-5-9-14(13)19-11-15(18)17-10-12-6-2-1-3-7-12/h1-9H,10-11H2,(H,17,18). The molecule has 2 rings (SSSR count). The molecule has 0 saturated heterocycles. The summed E-state index contributed by atoms with van der Waals surface area (Å²) in [6.07, 6.45) is 0. The Morgan fingerprint density at radius 1 is 1.05 bits per heavy atom. The third kappa shape index (κ3) is 4.55. The molecule has 3 nitrogen and oxygen atoms in total. The molecule has 2 aromatic rings. The second kappa shape index (κ2) is 7.13. The van der Waals surface area contributed by atoms with Gasteiger partial charge < -0.3 is 10.1 Å². The van der Waals surface area contributed by atoms with E-state index in [-0.39, 0.29) is 12.5 Å². The molecule has 2 aromatic carbocycles. The zero-order valence-electron chi connectivity index (χ0n) is 10.3. The maximum absolute atomic E-state index is 11.7. The van der Waals surface area contributed by atoms with Crippen molar-refractivity contribution in [1.82, 2.24) is 5.32 Å². The predicted octanol–water partition coefficient (Wildman–Crippen LogP) is 2.99. The van der Waals surface area contributed by atoms with E-state index >= 15 is 0 Å². The molecular formula is C15H14INO2. The lowest BCUT2D eigenvalue weighted by Crippen LogP contribution is -2.28. The molecule has 0 heterocycles. The highest BCUT2D eigenvalue weighted by Crippen LogP contribution is 2.19. The molecule has 0 aromatic heterocycles. The van der Waals surface area contributed by atoms with E-state index in [1.807, 2.05) is 54.6 Å². The van der Waals surface area contributed by atoms with Crippen LogP contribution in [0.1, 0.15) is 5.56 Å². The number of hydrogen-bond donors (Lipinski definition) is 1. The highest BCUT2D eigenvalue weighted by molar-refractivity contribution is 14.1. The highest BCUT2D eigenvalue weighted by atomic mass is 127. The van der Waals surface area contributed by atoms with E-state index < -0.39 is 0 Å². The van der Waals surface area contributed by atoms with Gasteiger partial charge in [0.25, 0.3) is 5.91 Å². The van der Waals surface area contributed by atoms with E-state index in [1.54, 1.807) is 0 Å². The summed E-state index contributed by atoms with van der Waals surface area (Å²) < 4.78 is 6.46. The Bertz CT molecular complexity index is 543. The summed E-state index contributed by atoms with van der Waals surface area (Å²) in [5, 5.41) is 2.82. The van der Waals surface area contributed by atoms with Crippen LogP contribution < -0.4 is 10.1 Å². The number of hydrogen-bond acceptors (Lipinski definition) is 2. The zero-order chi connectivity index (χ0) is 13.5. The minimum Gasteiger partial charge on any atom is -0.483 e. The van der Waals surface area contributed by atoms with Crippen LogP contribution in [0.2, 0.25) is 0 Å². The summed E-state index contributed by atoms with van der Waals surface area (Å²) in [5.41, 5.74) is 1.07. The fourth-order valence-electron chi connectivity index (χ4n) is 1.55. The van der Waals surface area contributed by atoms with E-state index in [1.165, 1.54) is 0 Å². The summed E-state index contributed by atoms with van der Waals surface area (Å²) in [7, 11) is 0. The van der Waals surface area contributed by atoms with Gasteiger partial charge in [0, 0.05) is 6.54 Å². The third-order valence-electron chi connectivity index (χ3n) is 2.53. The molecule has 1 N–H and O–H groups in total. The Morgan fingerprint density at radius 2 is 1.74 bits per heavy atom. The van der Waals surface area contributed by atoms with E-state index in [0.717, 1.165) is 14.9 Å². The topological polar surface area (TPSA) is 38.3 Å². The van der Waals surface area contributed by atoms with Gasteiger partial charge in [0.1, 0.15) is 5.75 Å². The number of nitrogens with one attached hydrogen (secondary N) is 1. The molecule has 98 valence electrons. The number of ether oxygens (including phenoxy) is 1. The van der Waals surface area contributed by atoms with Crippen LogP contribution in [0.4, 0.5) is 0 Å². The van der Waals surface area contributed by atoms with E-state index in [4.69, 9.17) is 4.74 Å². The summed E-state index contributed by atoms with van der Waals surface area (Å²) >= 11 is 2.18. The first-order chi connectivity index (χ1) is 9.25. The molecule has 0 spiro atoms. The van der Waals surface area contributed by atoms with Gasteiger partial charge in [-0.3, -0.25) is 4.79 Å². The third-order valence-corrected chi connectivity index (χ3v) is 3.42. The van der Waals surface area contributed by atoms with E-state index in [0.29, 0.717) is 6.54 Å². The molecular weight excluding hydrogens is 353 g/mol. The number of carbonyl (C=O) groups is 1. The van der Waals surface area contributed by atoms with Crippen LogP contribution in [0.3, 0.4) is 0 Å². The molecule has 0 saturated carbocycles. The minimum atomic E-state index is -0.122. The molecule has 0 aliphatic carbocycles. The second-order valence-electron chi connectivity index (χ2n) is 3.98. The average molecular weight is 367 g/mol. The van der Waals surface area contributed by atoms with Crippen molar-refractivity contribution < 1.29 is 9.53 Å². The number of amides is 1. The van der Waals surface area contributed by atoms with E-state index in [2.05, 4.69) is 27.9 Å². The van der Waals surface area contributed by atoms with Gasteiger partial charge in [-0.15, -0.1) is 0 Å². The van der Waals surface area contributed by atoms with Gasteiger partial charge in [-0.1, -0.05) is 42.5 Å². The molecule has 19 heavy (non-hydrogen) atoms. The monoisotopic (exact) mass is 367 g/mol. The SMILES string of the molecule is O=C(COc1ccccc1I)NCc1ccccc1. The Labute approximate surface area is 126 Å². The van der Waals surface area contributed by atoms with Gasteiger partial charge in [0.2, 0.25) is 0 Å². The summed E-state index contributed by atoms with van der Waals surface area (Å²) in [4.78, 5) is 11.7. The lowest BCUT2D eigenvalue weighted by atomic mass is 10.2. The van der Waals surface area contributed by atoms with E-state index in [9.17, 15) is 4.79 Å². The summed E-state index contributed by atoms with van der Waals surface area (Å²) in [6.45, 7) is 0.557. The van der Waals surface area contributed by atoms with Crippen molar-refractivity contribution in [3.63, 3.8) is 0 Å². The number of halogens is 1. The highest BCUT2D eigenvalue weighted by Gasteiger charge is 2.04. The molecule has 0 atom stereocenters. The first-order valence-electron chi connectivity index (χ1n) is 5.93. The molecule has 0 bridgehead atoms. The average Bonchev–Trinajstić information content (AvgIpc) is 2.45. The van der Waals surface area contributed by atoms with Gasteiger partial charge in [0.15, 0.2) is 6.61 Å². The molecule has 0 unspecified atom stereocenters. The van der Waals surface area contributed by atoms with Crippen molar-refractivity contribution in [3.8, 4) is 5.75 Å². The normalized spacial score (nSPS) is 9.95. The number of rotatable bonds is 5. The minimum absolute atomic E-state index is 0.0346. The summed E-state index contributed by atoms with van der Waals surface area (Å²) in [6, 6.07) is 17.4. The van der Waals surface area contributed by atoms with Gasteiger partial charge in [0.05, 0.1) is 3.57 Å². The van der Waals surface area contributed by atoms with Crippen LogP contribution >= 0.6 is 22.6 Å². The molecule has 0 radical (unpaired) electrons. The molecule has 0 aliphatic heterocycles. The first-order valence-corrected chi connectivity index (χ1v) is 7.01. The van der Waals surface area contributed by atoms with Gasteiger partial charge in [-0.2, -0.15) is 0 Å². The van der Waals surface area contributed by atoms with Crippen LogP contribution in [-0.4, -0.2) is 12.5 Å². The second-order valence-corrected chi connectivity index (χ2v) is 5.14. The van der Waals surface area contributed by atoms with Gasteiger partial charge in [-0.05, 0) is 40.3 Å². The molecule has 0 aliphatic rings. The number of benzene rings is 2. The number of para-hydroxylation sites is 1. The maximum atomic E-state index is 11.7. The number of carbonyl (C=O) groups excluding carboxylic acids is 1. The largest absolute Gasteiger partial charge is 0.483 e. The first kappa shape index (κ1) is 13.9. The van der Waals surface area contributed by atoms with Crippen molar-refractivity contribution in [3.05, 3.63) is 63.7 Å². The van der Waals surface area contributed by atoms with Gasteiger partial charge in [-0.25, -0.2) is 0 Å². The fourth-order valence-corrected chi connectivity index (χ4v) is 2.10. The molecule has 1 amide bonds. The van der Waals surface area contributed by atoms with Crippen molar-refractivity contribution in [1.29, 1.82) is 0 Å². The van der Waals surface area contributed by atoms with Gasteiger partial charge >= 0.3 is 0 Å². The van der Waals surface area contributed by atoms with Crippen LogP contribution in [0.25, 0.3) is 0 Å². The Balaban J connectivity index is 1.78. The summed E-state index contributed by atoms with van der Waals surface area (Å²) in [5.74, 6) is 0.612. The lowest BCUT2D eigenvalue weighted by molar-refractivity contribution is -0.123. The Morgan fingerprint density at radius 3 is 2.47 bits per heavy atom. The predicted molar refractivity (Wildman–Crippen MR) is 82.9 cm³/mol.